The van der Waals surface area contributed by atoms with Crippen LogP contribution in [0.2, 0.25) is 0 Å². The molecule has 0 saturated heterocycles. The Morgan fingerprint density at radius 3 is 2.67 bits per heavy atom. The third kappa shape index (κ3) is 4.55. The lowest BCUT2D eigenvalue weighted by atomic mass is 10.1. The first-order chi connectivity index (χ1) is 8.69. The highest BCUT2D eigenvalue weighted by atomic mass is 16.5. The molecule has 4 heteroatoms. The van der Waals surface area contributed by atoms with Gasteiger partial charge in [0.2, 0.25) is 0 Å². The first kappa shape index (κ1) is 14.8. The zero-order valence-electron chi connectivity index (χ0n) is 11.8. The van der Waals surface area contributed by atoms with Crippen LogP contribution in [0.15, 0.2) is 18.2 Å². The number of anilines is 1. The smallest absolute Gasteiger partial charge is 0.142 e. The van der Waals surface area contributed by atoms with E-state index in [0.29, 0.717) is 6.61 Å². The molecule has 0 aromatic heterocycles. The Kier molecular flexibility index (Phi) is 6.54. The Labute approximate surface area is 110 Å². The number of rotatable bonds is 8. The number of nitrogens with one attached hydrogen (secondary N) is 1. The molecule has 0 atom stereocenters. The van der Waals surface area contributed by atoms with E-state index in [2.05, 4.69) is 28.4 Å². The van der Waals surface area contributed by atoms with E-state index in [1.807, 2.05) is 21.0 Å². The van der Waals surface area contributed by atoms with Crippen molar-refractivity contribution in [1.29, 1.82) is 0 Å². The predicted octanol–water partition coefficient (Wildman–Crippen LogP) is 1.89. The third-order valence-corrected chi connectivity index (χ3v) is 2.62. The van der Waals surface area contributed by atoms with Crippen LogP contribution >= 0.6 is 0 Å². The topological polar surface area (TPSA) is 33.7 Å². The number of methoxy groups -OCH3 is 1. The summed E-state index contributed by atoms with van der Waals surface area (Å²) in [5.74, 6) is 0.938. The fraction of sp³-hybridized carbons (Fsp3) is 0.571. The quantitative estimate of drug-likeness (QED) is 0.716. The summed E-state index contributed by atoms with van der Waals surface area (Å²) in [5, 5.41) is 3.33. The SMILES string of the molecule is CCOc1cc(CNCCOC)ccc1N(C)C. The van der Waals surface area contributed by atoms with E-state index >= 15 is 0 Å². The summed E-state index contributed by atoms with van der Waals surface area (Å²) in [5.41, 5.74) is 2.33. The van der Waals surface area contributed by atoms with Crippen molar-refractivity contribution in [2.24, 2.45) is 0 Å². The lowest BCUT2D eigenvalue weighted by Gasteiger charge is -2.18. The van der Waals surface area contributed by atoms with Crippen molar-refractivity contribution in [1.82, 2.24) is 5.32 Å². The van der Waals surface area contributed by atoms with Crippen LogP contribution in [-0.2, 0) is 11.3 Å². The maximum atomic E-state index is 5.67. The Hall–Kier alpha value is -1.26. The first-order valence-corrected chi connectivity index (χ1v) is 6.31. The van der Waals surface area contributed by atoms with E-state index in [9.17, 15) is 0 Å². The molecule has 102 valence electrons. The Balaban J connectivity index is 2.67. The summed E-state index contributed by atoms with van der Waals surface area (Å²) in [7, 11) is 5.75. The maximum absolute atomic E-state index is 5.67. The van der Waals surface area contributed by atoms with Gasteiger partial charge in [-0.1, -0.05) is 6.07 Å². The molecular formula is C14H24N2O2. The van der Waals surface area contributed by atoms with Gasteiger partial charge in [0.25, 0.3) is 0 Å². The van der Waals surface area contributed by atoms with Crippen LogP contribution in [0.1, 0.15) is 12.5 Å². The lowest BCUT2D eigenvalue weighted by Crippen LogP contribution is -2.18. The van der Waals surface area contributed by atoms with Crippen LogP contribution in [0.5, 0.6) is 5.75 Å². The minimum atomic E-state index is 0.682. The van der Waals surface area contributed by atoms with Crippen molar-refractivity contribution >= 4 is 5.69 Å². The van der Waals surface area contributed by atoms with Gasteiger partial charge in [-0.2, -0.15) is 0 Å². The molecule has 1 rings (SSSR count). The van der Waals surface area contributed by atoms with Gasteiger partial charge in [-0.3, -0.25) is 0 Å². The zero-order chi connectivity index (χ0) is 13.4. The highest BCUT2D eigenvalue weighted by Gasteiger charge is 2.06. The summed E-state index contributed by atoms with van der Waals surface area (Å²) in [6, 6.07) is 6.31. The molecule has 0 bridgehead atoms. The molecule has 1 aromatic carbocycles. The Bertz CT molecular complexity index is 354. The highest BCUT2D eigenvalue weighted by molar-refractivity contribution is 5.58. The molecule has 0 aliphatic carbocycles. The van der Waals surface area contributed by atoms with E-state index < -0.39 is 0 Å². The maximum Gasteiger partial charge on any atom is 0.142 e. The molecule has 1 N–H and O–H groups in total. The van der Waals surface area contributed by atoms with Crippen molar-refractivity contribution in [3.63, 3.8) is 0 Å². The van der Waals surface area contributed by atoms with Crippen molar-refractivity contribution in [3.8, 4) is 5.75 Å². The van der Waals surface area contributed by atoms with Gasteiger partial charge in [0.1, 0.15) is 5.75 Å². The average molecular weight is 252 g/mol. The van der Waals surface area contributed by atoms with E-state index in [1.54, 1.807) is 7.11 Å². The van der Waals surface area contributed by atoms with Crippen molar-refractivity contribution in [2.75, 3.05) is 45.9 Å². The number of hydrogen-bond acceptors (Lipinski definition) is 4. The Morgan fingerprint density at radius 1 is 1.28 bits per heavy atom. The number of benzene rings is 1. The van der Waals surface area contributed by atoms with Gasteiger partial charge in [0.05, 0.1) is 18.9 Å². The van der Waals surface area contributed by atoms with E-state index in [0.717, 1.165) is 31.1 Å². The van der Waals surface area contributed by atoms with Gasteiger partial charge in [-0.15, -0.1) is 0 Å². The number of hydrogen-bond donors (Lipinski definition) is 1. The largest absolute Gasteiger partial charge is 0.492 e. The van der Waals surface area contributed by atoms with Gasteiger partial charge < -0.3 is 19.7 Å². The molecule has 0 spiro atoms. The Morgan fingerprint density at radius 2 is 2.06 bits per heavy atom. The van der Waals surface area contributed by atoms with Crippen LogP contribution in [0.25, 0.3) is 0 Å². The molecule has 0 saturated carbocycles. The van der Waals surface area contributed by atoms with E-state index in [-0.39, 0.29) is 0 Å². The first-order valence-electron chi connectivity index (χ1n) is 6.31. The normalized spacial score (nSPS) is 10.4. The van der Waals surface area contributed by atoms with Crippen LogP contribution < -0.4 is 15.0 Å². The van der Waals surface area contributed by atoms with Gasteiger partial charge in [0, 0.05) is 34.3 Å². The molecule has 0 unspecified atom stereocenters. The second-order valence-corrected chi connectivity index (χ2v) is 4.30. The molecule has 0 fully saturated rings. The predicted molar refractivity (Wildman–Crippen MR) is 75.5 cm³/mol. The molecular weight excluding hydrogens is 228 g/mol. The molecule has 0 aliphatic heterocycles. The van der Waals surface area contributed by atoms with Crippen LogP contribution in [0.3, 0.4) is 0 Å². The van der Waals surface area contributed by atoms with Crippen LogP contribution in [0, 0.1) is 0 Å². The summed E-state index contributed by atoms with van der Waals surface area (Å²) in [6.07, 6.45) is 0. The fourth-order valence-corrected chi connectivity index (χ4v) is 1.72. The molecule has 0 heterocycles. The molecule has 0 radical (unpaired) electrons. The number of ether oxygens (including phenoxy) is 2. The molecule has 0 amide bonds. The second kappa shape index (κ2) is 7.95. The van der Waals surface area contributed by atoms with Crippen molar-refractivity contribution < 1.29 is 9.47 Å². The minimum absolute atomic E-state index is 0.682. The molecule has 4 nitrogen and oxygen atoms in total. The summed E-state index contributed by atoms with van der Waals surface area (Å²) in [4.78, 5) is 2.06. The molecule has 18 heavy (non-hydrogen) atoms. The fourth-order valence-electron chi connectivity index (χ4n) is 1.72. The summed E-state index contributed by atoms with van der Waals surface area (Å²) < 4.78 is 10.7. The van der Waals surface area contributed by atoms with Crippen LogP contribution in [-0.4, -0.2) is 41.0 Å². The lowest BCUT2D eigenvalue weighted by molar-refractivity contribution is 0.199. The number of nitrogens with zero attached hydrogens (tertiary/aromatic N) is 1. The van der Waals surface area contributed by atoms with Crippen LogP contribution in [0.4, 0.5) is 5.69 Å². The molecule has 0 aliphatic rings. The van der Waals surface area contributed by atoms with Gasteiger partial charge in [0.15, 0.2) is 0 Å². The zero-order valence-corrected chi connectivity index (χ0v) is 11.8. The molecule has 1 aromatic rings. The average Bonchev–Trinajstić information content (AvgIpc) is 2.35. The minimum Gasteiger partial charge on any atom is -0.492 e. The highest BCUT2D eigenvalue weighted by Crippen LogP contribution is 2.28. The van der Waals surface area contributed by atoms with E-state index in [1.165, 1.54) is 5.56 Å². The van der Waals surface area contributed by atoms with E-state index in [4.69, 9.17) is 9.47 Å². The summed E-state index contributed by atoms with van der Waals surface area (Å²) >= 11 is 0. The van der Waals surface area contributed by atoms with Crippen molar-refractivity contribution in [3.05, 3.63) is 23.8 Å². The standard InChI is InChI=1S/C14H24N2O2/c1-5-18-14-10-12(11-15-8-9-17-4)6-7-13(14)16(2)3/h6-7,10,15H,5,8-9,11H2,1-4H3. The van der Waals surface area contributed by atoms with Gasteiger partial charge in [-0.05, 0) is 24.6 Å². The monoisotopic (exact) mass is 252 g/mol. The van der Waals surface area contributed by atoms with Crippen molar-refractivity contribution in [2.45, 2.75) is 13.5 Å². The van der Waals surface area contributed by atoms with Gasteiger partial charge in [-0.25, -0.2) is 0 Å². The second-order valence-electron chi connectivity index (χ2n) is 4.30. The third-order valence-electron chi connectivity index (χ3n) is 2.62. The van der Waals surface area contributed by atoms with Gasteiger partial charge >= 0.3 is 0 Å². The summed E-state index contributed by atoms with van der Waals surface area (Å²) in [6.45, 7) is 5.10.